The molecule has 6 heteroatoms. The predicted octanol–water partition coefficient (Wildman–Crippen LogP) is 3.38. The molecule has 0 radical (unpaired) electrons. The summed E-state index contributed by atoms with van der Waals surface area (Å²) in [4.78, 5) is 11.8. The molecule has 0 saturated carbocycles. The van der Waals surface area contributed by atoms with Gasteiger partial charge in [-0.3, -0.25) is 4.79 Å². The zero-order valence-corrected chi connectivity index (χ0v) is 13.4. The summed E-state index contributed by atoms with van der Waals surface area (Å²) in [5.41, 5.74) is 7.21. The molecule has 0 atom stereocenters. The summed E-state index contributed by atoms with van der Waals surface area (Å²) in [5, 5.41) is 3.27. The molecule has 4 nitrogen and oxygen atoms in total. The minimum absolute atomic E-state index is 0.114. The molecule has 0 aliphatic carbocycles. The fraction of sp³-hybridized carbons (Fsp3) is 0.133. The van der Waals surface area contributed by atoms with Crippen molar-refractivity contribution >= 4 is 39.1 Å². The van der Waals surface area contributed by atoms with Crippen LogP contribution in [0.4, 0.5) is 5.69 Å². The van der Waals surface area contributed by atoms with Gasteiger partial charge in [-0.1, -0.05) is 41.9 Å². The van der Waals surface area contributed by atoms with Crippen LogP contribution in [0.15, 0.2) is 46.9 Å². The maximum Gasteiger partial charge on any atom is 0.258 e. The first-order valence-corrected chi connectivity index (χ1v) is 7.41. The molecule has 21 heavy (non-hydrogen) atoms. The van der Waals surface area contributed by atoms with E-state index in [4.69, 9.17) is 22.1 Å². The highest BCUT2D eigenvalue weighted by molar-refractivity contribution is 9.10. The molecule has 2 rings (SSSR count). The number of carbonyl (C=O) groups excluding carboxylic acids is 1. The highest BCUT2D eigenvalue weighted by atomic mass is 79.9. The standard InChI is InChI=1S/C15H14BrClN2O2/c16-12-6-11(17)7-13(18)15(12)21-9-14(20)19-8-10-4-2-1-3-5-10/h1-7H,8-9,18H2,(H,19,20). The maximum absolute atomic E-state index is 11.8. The summed E-state index contributed by atoms with van der Waals surface area (Å²) in [6.07, 6.45) is 0. The third-order valence-electron chi connectivity index (χ3n) is 2.72. The first-order chi connectivity index (χ1) is 10.1. The summed E-state index contributed by atoms with van der Waals surface area (Å²) < 4.78 is 6.04. The second kappa shape index (κ2) is 7.33. The van der Waals surface area contributed by atoms with Gasteiger partial charge >= 0.3 is 0 Å². The Hall–Kier alpha value is -1.72. The Morgan fingerprint density at radius 1 is 1.29 bits per heavy atom. The first-order valence-electron chi connectivity index (χ1n) is 6.24. The van der Waals surface area contributed by atoms with Gasteiger partial charge in [0, 0.05) is 11.6 Å². The van der Waals surface area contributed by atoms with Gasteiger partial charge in [-0.25, -0.2) is 0 Å². The SMILES string of the molecule is Nc1cc(Cl)cc(Br)c1OCC(=O)NCc1ccccc1. The van der Waals surface area contributed by atoms with Crippen LogP contribution in [0.1, 0.15) is 5.56 Å². The van der Waals surface area contributed by atoms with Crippen molar-refractivity contribution in [3.05, 3.63) is 57.5 Å². The predicted molar refractivity (Wildman–Crippen MR) is 87.3 cm³/mol. The molecule has 0 aliphatic rings. The molecule has 0 saturated heterocycles. The molecule has 110 valence electrons. The van der Waals surface area contributed by atoms with E-state index in [0.717, 1.165) is 5.56 Å². The Kier molecular flexibility index (Phi) is 5.47. The fourth-order valence-corrected chi connectivity index (χ4v) is 2.67. The Morgan fingerprint density at radius 3 is 2.67 bits per heavy atom. The van der Waals surface area contributed by atoms with E-state index in [-0.39, 0.29) is 12.5 Å². The number of amides is 1. The molecular formula is C15H14BrClN2O2. The quantitative estimate of drug-likeness (QED) is 0.794. The number of nitrogens with one attached hydrogen (secondary N) is 1. The van der Waals surface area contributed by atoms with Crippen molar-refractivity contribution in [2.45, 2.75) is 6.54 Å². The lowest BCUT2D eigenvalue weighted by Gasteiger charge is -2.11. The molecule has 2 aromatic carbocycles. The molecule has 0 spiro atoms. The van der Waals surface area contributed by atoms with Crippen LogP contribution in [0, 0.1) is 0 Å². The van der Waals surface area contributed by atoms with Crippen molar-refractivity contribution < 1.29 is 9.53 Å². The van der Waals surface area contributed by atoms with Crippen LogP contribution in [0.3, 0.4) is 0 Å². The summed E-state index contributed by atoms with van der Waals surface area (Å²) >= 11 is 9.16. The van der Waals surface area contributed by atoms with Crippen molar-refractivity contribution in [2.24, 2.45) is 0 Å². The molecule has 0 bridgehead atoms. The Labute approximate surface area is 136 Å². The zero-order valence-electron chi connectivity index (χ0n) is 11.1. The topological polar surface area (TPSA) is 64.3 Å². The van der Waals surface area contributed by atoms with Crippen molar-refractivity contribution in [3.63, 3.8) is 0 Å². The van der Waals surface area contributed by atoms with Crippen molar-refractivity contribution in [2.75, 3.05) is 12.3 Å². The lowest BCUT2D eigenvalue weighted by molar-refractivity contribution is -0.123. The Morgan fingerprint density at radius 2 is 2.00 bits per heavy atom. The van der Waals surface area contributed by atoms with E-state index < -0.39 is 0 Å². The lowest BCUT2D eigenvalue weighted by atomic mass is 10.2. The van der Waals surface area contributed by atoms with Gasteiger partial charge in [0.1, 0.15) is 0 Å². The zero-order chi connectivity index (χ0) is 15.2. The van der Waals surface area contributed by atoms with Crippen molar-refractivity contribution in [1.82, 2.24) is 5.32 Å². The Balaban J connectivity index is 1.87. The monoisotopic (exact) mass is 368 g/mol. The fourth-order valence-electron chi connectivity index (χ4n) is 1.72. The molecule has 0 aromatic heterocycles. The second-order valence-electron chi connectivity index (χ2n) is 4.36. The molecule has 2 aromatic rings. The number of nitrogen functional groups attached to an aromatic ring is 1. The molecule has 3 N–H and O–H groups in total. The van der Waals surface area contributed by atoms with Crippen LogP contribution in [-0.4, -0.2) is 12.5 Å². The molecule has 0 aliphatic heterocycles. The minimum Gasteiger partial charge on any atom is -0.480 e. The van der Waals surface area contributed by atoms with E-state index in [0.29, 0.717) is 27.5 Å². The minimum atomic E-state index is -0.222. The highest BCUT2D eigenvalue weighted by Crippen LogP contribution is 2.34. The van der Waals surface area contributed by atoms with Gasteiger partial charge in [0.25, 0.3) is 5.91 Å². The third-order valence-corrected chi connectivity index (χ3v) is 3.52. The maximum atomic E-state index is 11.8. The van der Waals surface area contributed by atoms with Gasteiger partial charge in [0.15, 0.2) is 12.4 Å². The van der Waals surface area contributed by atoms with Crippen molar-refractivity contribution in [1.29, 1.82) is 0 Å². The van der Waals surface area contributed by atoms with E-state index in [2.05, 4.69) is 21.2 Å². The van der Waals surface area contributed by atoms with E-state index in [1.807, 2.05) is 30.3 Å². The summed E-state index contributed by atoms with van der Waals surface area (Å²) in [6, 6.07) is 12.9. The summed E-state index contributed by atoms with van der Waals surface area (Å²) in [6.45, 7) is 0.345. The molecular weight excluding hydrogens is 356 g/mol. The first kappa shape index (κ1) is 15.7. The number of carbonyl (C=O) groups is 1. The van der Waals surface area contributed by atoms with E-state index >= 15 is 0 Å². The summed E-state index contributed by atoms with van der Waals surface area (Å²) in [5.74, 6) is 0.189. The number of hydrogen-bond donors (Lipinski definition) is 2. The van der Waals surface area contributed by atoms with E-state index in [1.165, 1.54) is 0 Å². The normalized spacial score (nSPS) is 10.2. The number of benzene rings is 2. The largest absolute Gasteiger partial charge is 0.480 e. The van der Waals surface area contributed by atoms with Gasteiger partial charge in [0.2, 0.25) is 0 Å². The van der Waals surface area contributed by atoms with Crippen LogP contribution >= 0.6 is 27.5 Å². The number of nitrogens with two attached hydrogens (primary N) is 1. The average molecular weight is 370 g/mol. The molecule has 0 heterocycles. The molecule has 0 unspecified atom stereocenters. The molecule has 1 amide bonds. The summed E-state index contributed by atoms with van der Waals surface area (Å²) in [7, 11) is 0. The van der Waals surface area contributed by atoms with Crippen LogP contribution in [-0.2, 0) is 11.3 Å². The smallest absolute Gasteiger partial charge is 0.258 e. The van der Waals surface area contributed by atoms with Gasteiger partial charge in [-0.2, -0.15) is 0 Å². The number of anilines is 1. The van der Waals surface area contributed by atoms with Crippen molar-refractivity contribution in [3.8, 4) is 5.75 Å². The van der Waals surface area contributed by atoms with Gasteiger partial charge in [-0.15, -0.1) is 0 Å². The molecule has 0 fully saturated rings. The van der Waals surface area contributed by atoms with Crippen LogP contribution in [0.2, 0.25) is 5.02 Å². The number of ether oxygens (including phenoxy) is 1. The average Bonchev–Trinajstić information content (AvgIpc) is 2.45. The van der Waals surface area contributed by atoms with Crippen LogP contribution in [0.5, 0.6) is 5.75 Å². The number of rotatable bonds is 5. The Bertz CT molecular complexity index is 612. The van der Waals surface area contributed by atoms with Gasteiger partial charge in [0.05, 0.1) is 10.2 Å². The van der Waals surface area contributed by atoms with Crippen LogP contribution in [0.25, 0.3) is 0 Å². The highest BCUT2D eigenvalue weighted by Gasteiger charge is 2.10. The third kappa shape index (κ3) is 4.65. The van der Waals surface area contributed by atoms with Crippen LogP contribution < -0.4 is 15.8 Å². The van der Waals surface area contributed by atoms with E-state index in [1.54, 1.807) is 12.1 Å². The lowest BCUT2D eigenvalue weighted by Crippen LogP contribution is -2.28. The number of halogens is 2. The van der Waals surface area contributed by atoms with E-state index in [9.17, 15) is 4.79 Å². The number of hydrogen-bond acceptors (Lipinski definition) is 3. The van der Waals surface area contributed by atoms with Gasteiger partial charge in [-0.05, 0) is 33.6 Å². The second-order valence-corrected chi connectivity index (χ2v) is 5.65. The van der Waals surface area contributed by atoms with Gasteiger partial charge < -0.3 is 15.8 Å².